The van der Waals surface area contributed by atoms with Crippen molar-refractivity contribution in [3.8, 4) is 0 Å². The minimum Gasteiger partial charge on any atom is -0.370 e. The van der Waals surface area contributed by atoms with Crippen molar-refractivity contribution in [2.24, 2.45) is 10.9 Å². The molecule has 0 amide bonds. The van der Waals surface area contributed by atoms with Crippen LogP contribution in [-0.2, 0) is 10.9 Å². The number of aliphatic imine (C=N–C) groups is 1. The van der Waals surface area contributed by atoms with E-state index in [9.17, 15) is 13.2 Å². The molecular formula is C22H34F3N5O. The van der Waals surface area contributed by atoms with Crippen LogP contribution in [0, 0.1) is 5.92 Å². The van der Waals surface area contributed by atoms with Crippen LogP contribution in [0.15, 0.2) is 29.3 Å². The molecule has 0 bridgehead atoms. The second kappa shape index (κ2) is 10.7. The summed E-state index contributed by atoms with van der Waals surface area (Å²) in [7, 11) is 3.89. The van der Waals surface area contributed by atoms with E-state index in [-0.39, 0.29) is 0 Å². The highest BCUT2D eigenvalue weighted by Gasteiger charge is 2.32. The molecule has 1 N–H and O–H groups in total. The van der Waals surface area contributed by atoms with Crippen LogP contribution in [0.3, 0.4) is 0 Å². The number of piperazine rings is 1. The maximum absolute atomic E-state index is 13.1. The van der Waals surface area contributed by atoms with E-state index in [0.717, 1.165) is 51.3 Å². The fourth-order valence-electron chi connectivity index (χ4n) is 4.09. The number of ether oxygens (including phenoxy) is 1. The Hall–Kier alpha value is -1.84. The molecule has 0 aliphatic carbocycles. The molecule has 2 aliphatic rings. The van der Waals surface area contributed by atoms with Crippen molar-refractivity contribution in [3.05, 3.63) is 35.4 Å². The zero-order valence-electron chi connectivity index (χ0n) is 18.7. The van der Waals surface area contributed by atoms with Crippen LogP contribution >= 0.6 is 0 Å². The van der Waals surface area contributed by atoms with Crippen molar-refractivity contribution >= 4 is 5.96 Å². The first-order valence-corrected chi connectivity index (χ1v) is 10.9. The second-order valence-corrected chi connectivity index (χ2v) is 8.57. The normalized spacial score (nSPS) is 23.1. The fourth-order valence-corrected chi connectivity index (χ4v) is 4.09. The second-order valence-electron chi connectivity index (χ2n) is 8.57. The van der Waals surface area contributed by atoms with Crippen LogP contribution in [-0.4, -0.2) is 93.7 Å². The molecule has 6 nitrogen and oxygen atoms in total. The molecule has 0 saturated carbocycles. The number of likely N-dealkylation sites (N-methyl/N-ethyl adjacent to an activating group) is 1. The lowest BCUT2D eigenvalue weighted by molar-refractivity contribution is -0.137. The van der Waals surface area contributed by atoms with Crippen molar-refractivity contribution in [2.75, 3.05) is 73.1 Å². The molecule has 2 atom stereocenters. The Labute approximate surface area is 183 Å². The lowest BCUT2D eigenvalue weighted by Crippen LogP contribution is -2.50. The molecule has 174 valence electrons. The van der Waals surface area contributed by atoms with Gasteiger partial charge in [0.2, 0.25) is 0 Å². The Balaban J connectivity index is 1.53. The maximum atomic E-state index is 13.1. The molecule has 2 fully saturated rings. The third kappa shape index (κ3) is 6.82. The van der Waals surface area contributed by atoms with Gasteiger partial charge in [-0.05, 0) is 30.7 Å². The minimum atomic E-state index is -4.36. The first-order valence-electron chi connectivity index (χ1n) is 10.9. The van der Waals surface area contributed by atoms with E-state index >= 15 is 0 Å². The molecule has 0 spiro atoms. The summed E-state index contributed by atoms with van der Waals surface area (Å²) in [5.41, 5.74) is -0.107. The summed E-state index contributed by atoms with van der Waals surface area (Å²) in [5.74, 6) is 1.23. The topological polar surface area (TPSA) is 43.3 Å². The van der Waals surface area contributed by atoms with Gasteiger partial charge < -0.3 is 24.8 Å². The summed E-state index contributed by atoms with van der Waals surface area (Å²) in [6.07, 6.45) is -4.78. The Morgan fingerprint density at radius 3 is 2.65 bits per heavy atom. The number of nitrogens with zero attached hydrogens (tertiary/aromatic N) is 4. The van der Waals surface area contributed by atoms with Gasteiger partial charge in [-0.2, -0.15) is 13.2 Å². The van der Waals surface area contributed by atoms with Gasteiger partial charge in [0, 0.05) is 52.9 Å². The van der Waals surface area contributed by atoms with Crippen LogP contribution in [0.5, 0.6) is 0 Å². The molecule has 0 radical (unpaired) electrons. The summed E-state index contributed by atoms with van der Waals surface area (Å²) >= 11 is 0. The van der Waals surface area contributed by atoms with Gasteiger partial charge in [0.25, 0.3) is 0 Å². The smallest absolute Gasteiger partial charge is 0.370 e. The van der Waals surface area contributed by atoms with Crippen LogP contribution in [0.2, 0.25) is 0 Å². The molecule has 1 aromatic carbocycles. The molecule has 2 aliphatic heterocycles. The summed E-state index contributed by atoms with van der Waals surface area (Å²) in [6, 6.07) is 5.40. The highest BCUT2D eigenvalue weighted by molar-refractivity contribution is 5.80. The van der Waals surface area contributed by atoms with Gasteiger partial charge in [0.05, 0.1) is 18.7 Å². The first-order chi connectivity index (χ1) is 14.8. The maximum Gasteiger partial charge on any atom is 0.416 e. The largest absolute Gasteiger partial charge is 0.416 e. The highest BCUT2D eigenvalue weighted by Crippen LogP contribution is 2.32. The summed E-state index contributed by atoms with van der Waals surface area (Å²) in [4.78, 5) is 11.3. The average Bonchev–Trinajstić information content (AvgIpc) is 2.75. The SMILES string of the molecule is CN=C(NCC(C)CN1CCN(C)CC1)N1CCOC(c2cccc(C(F)(F)F)c2)C1. The quantitative estimate of drug-likeness (QED) is 0.562. The standard InChI is InChI=1S/C22H34F3N5O/c1-17(15-29-9-7-28(3)8-10-29)14-27-21(26-2)30-11-12-31-20(16-30)18-5-4-6-19(13-18)22(23,24)25/h4-6,13,17,20H,7-12,14-16H2,1-3H3,(H,26,27). The Bertz CT molecular complexity index is 734. The first kappa shape index (κ1) is 23.8. The van der Waals surface area contributed by atoms with Gasteiger partial charge in [-0.1, -0.05) is 19.1 Å². The van der Waals surface area contributed by atoms with Gasteiger partial charge in [0.15, 0.2) is 5.96 Å². The molecule has 2 saturated heterocycles. The number of halogens is 3. The molecule has 3 rings (SSSR count). The van der Waals surface area contributed by atoms with Crippen molar-refractivity contribution in [2.45, 2.75) is 19.2 Å². The molecule has 1 aromatic rings. The number of benzene rings is 1. The molecule has 0 aromatic heterocycles. The summed E-state index contributed by atoms with van der Waals surface area (Å²) in [5, 5.41) is 3.45. The lowest BCUT2D eigenvalue weighted by Gasteiger charge is -2.36. The van der Waals surface area contributed by atoms with E-state index in [1.807, 2.05) is 0 Å². The third-order valence-electron chi connectivity index (χ3n) is 5.94. The summed E-state index contributed by atoms with van der Waals surface area (Å²) in [6.45, 7) is 10.0. The van der Waals surface area contributed by atoms with E-state index in [4.69, 9.17) is 4.74 Å². The Kier molecular flexibility index (Phi) is 8.18. The van der Waals surface area contributed by atoms with Gasteiger partial charge in [-0.25, -0.2) is 0 Å². The lowest BCUT2D eigenvalue weighted by atomic mass is 10.0. The molecule has 31 heavy (non-hydrogen) atoms. The van der Waals surface area contributed by atoms with Crippen LogP contribution in [0.4, 0.5) is 13.2 Å². The third-order valence-corrected chi connectivity index (χ3v) is 5.94. The monoisotopic (exact) mass is 441 g/mol. The predicted molar refractivity (Wildman–Crippen MR) is 116 cm³/mol. The van der Waals surface area contributed by atoms with Gasteiger partial charge in [0.1, 0.15) is 6.10 Å². The van der Waals surface area contributed by atoms with E-state index in [2.05, 4.69) is 39.0 Å². The molecular weight excluding hydrogens is 407 g/mol. The summed E-state index contributed by atoms with van der Waals surface area (Å²) < 4.78 is 45.0. The zero-order valence-corrected chi connectivity index (χ0v) is 18.7. The Morgan fingerprint density at radius 2 is 1.97 bits per heavy atom. The number of morpholine rings is 1. The number of hydrogen-bond donors (Lipinski definition) is 1. The van der Waals surface area contributed by atoms with E-state index in [1.54, 1.807) is 13.1 Å². The average molecular weight is 442 g/mol. The van der Waals surface area contributed by atoms with Crippen LogP contribution < -0.4 is 5.32 Å². The molecule has 2 heterocycles. The van der Waals surface area contributed by atoms with Gasteiger partial charge >= 0.3 is 6.18 Å². The van der Waals surface area contributed by atoms with Crippen LogP contribution in [0.1, 0.15) is 24.2 Å². The fraction of sp³-hybridized carbons (Fsp3) is 0.682. The number of rotatable bonds is 5. The van der Waals surface area contributed by atoms with Gasteiger partial charge in [-0.3, -0.25) is 4.99 Å². The van der Waals surface area contributed by atoms with Gasteiger partial charge in [-0.15, -0.1) is 0 Å². The van der Waals surface area contributed by atoms with Crippen molar-refractivity contribution < 1.29 is 17.9 Å². The number of alkyl halides is 3. The zero-order chi connectivity index (χ0) is 22.4. The minimum absolute atomic E-state index is 0.419. The molecule has 9 heteroatoms. The van der Waals surface area contributed by atoms with E-state index < -0.39 is 17.8 Å². The van der Waals surface area contributed by atoms with E-state index in [1.165, 1.54) is 12.1 Å². The van der Waals surface area contributed by atoms with Crippen molar-refractivity contribution in [1.82, 2.24) is 20.0 Å². The van der Waals surface area contributed by atoms with Crippen LogP contribution in [0.25, 0.3) is 0 Å². The Morgan fingerprint density at radius 1 is 1.23 bits per heavy atom. The molecule has 2 unspecified atom stereocenters. The van der Waals surface area contributed by atoms with Crippen molar-refractivity contribution in [3.63, 3.8) is 0 Å². The number of hydrogen-bond acceptors (Lipinski definition) is 4. The van der Waals surface area contributed by atoms with E-state index in [0.29, 0.717) is 31.2 Å². The predicted octanol–water partition coefficient (Wildman–Crippen LogP) is 2.54. The number of guanidine groups is 1. The number of nitrogens with one attached hydrogen (secondary N) is 1. The highest BCUT2D eigenvalue weighted by atomic mass is 19.4. The van der Waals surface area contributed by atoms with Crippen molar-refractivity contribution in [1.29, 1.82) is 0 Å².